The molecule has 0 radical (unpaired) electrons. The Balaban J connectivity index is 3.07. The molecule has 0 N–H and O–H groups in total. The highest BCUT2D eigenvalue weighted by atomic mass is 79.9. The minimum absolute atomic E-state index is 0.800. The molecule has 0 unspecified atom stereocenters. The van der Waals surface area contributed by atoms with Crippen molar-refractivity contribution in [3.63, 3.8) is 0 Å². The van der Waals surface area contributed by atoms with Crippen LogP contribution in [0.4, 0.5) is 5.69 Å². The van der Waals surface area contributed by atoms with Gasteiger partial charge in [0.15, 0.2) is 0 Å². The Kier molecular flexibility index (Phi) is 4.19. The molecule has 1 heterocycles. The fourth-order valence-electron chi connectivity index (χ4n) is 1.03. The van der Waals surface area contributed by atoms with Crippen LogP contribution in [0.2, 0.25) is 0 Å². The van der Waals surface area contributed by atoms with Crippen molar-refractivity contribution in [3.05, 3.63) is 23.5 Å². The number of pyridine rings is 1. The van der Waals surface area contributed by atoms with Gasteiger partial charge in [0.05, 0.1) is 11.4 Å². The second-order valence-corrected chi connectivity index (χ2v) is 4.09. The molecule has 0 spiro atoms. The third kappa shape index (κ3) is 2.95. The van der Waals surface area contributed by atoms with Gasteiger partial charge < -0.3 is 4.90 Å². The van der Waals surface area contributed by atoms with Gasteiger partial charge in [0.1, 0.15) is 0 Å². The molecular weight excluding hydrogens is 296 g/mol. The van der Waals surface area contributed by atoms with Crippen LogP contribution in [0.15, 0.2) is 12.1 Å². The highest BCUT2D eigenvalue weighted by Gasteiger charge is 2.02. The zero-order chi connectivity index (χ0) is 9.84. The number of nitrogens with zero attached hydrogens (tertiary/aromatic N) is 2. The van der Waals surface area contributed by atoms with Crippen LogP contribution in [0.5, 0.6) is 0 Å². The van der Waals surface area contributed by atoms with Crippen molar-refractivity contribution in [1.29, 1.82) is 0 Å². The number of anilines is 1. The maximum atomic E-state index is 4.43. The lowest BCUT2D eigenvalue weighted by molar-refractivity contribution is 1.06. The maximum absolute atomic E-state index is 4.43. The van der Waals surface area contributed by atoms with Crippen LogP contribution >= 0.6 is 31.9 Å². The molecule has 0 atom stereocenters. The summed E-state index contributed by atoms with van der Waals surface area (Å²) in [7, 11) is 4.07. The first-order chi connectivity index (χ1) is 6.17. The molecule has 0 amide bonds. The predicted octanol–water partition coefficient (Wildman–Crippen LogP) is 2.94. The third-order valence-electron chi connectivity index (χ3n) is 1.71. The summed E-state index contributed by atoms with van der Waals surface area (Å²) in [6.07, 6.45) is 0. The Morgan fingerprint density at radius 3 is 1.92 bits per heavy atom. The molecule has 1 aromatic heterocycles. The quantitative estimate of drug-likeness (QED) is 0.798. The smallest absolute Gasteiger partial charge is 0.0533 e. The molecule has 2 nitrogen and oxygen atoms in total. The van der Waals surface area contributed by atoms with Crippen molar-refractivity contribution >= 4 is 37.5 Å². The standard InChI is InChI=1S/C9H12Br2N2/c1-13(2)9-3-7(5-10)12-8(4-9)6-11/h3-4H,5-6H2,1-2H3. The minimum Gasteiger partial charge on any atom is -0.378 e. The van der Waals surface area contributed by atoms with Crippen LogP contribution in [-0.4, -0.2) is 19.1 Å². The number of hydrogen-bond acceptors (Lipinski definition) is 2. The molecule has 72 valence electrons. The fraction of sp³-hybridized carbons (Fsp3) is 0.444. The summed E-state index contributed by atoms with van der Waals surface area (Å²) in [5.74, 6) is 0. The molecule has 0 aromatic carbocycles. The Morgan fingerprint density at radius 2 is 1.62 bits per heavy atom. The summed E-state index contributed by atoms with van der Waals surface area (Å²) < 4.78 is 0. The van der Waals surface area contributed by atoms with Gasteiger partial charge >= 0.3 is 0 Å². The number of hydrogen-bond donors (Lipinski definition) is 0. The molecule has 0 fully saturated rings. The van der Waals surface area contributed by atoms with E-state index in [1.54, 1.807) is 0 Å². The third-order valence-corrected chi connectivity index (χ3v) is 2.86. The molecule has 13 heavy (non-hydrogen) atoms. The van der Waals surface area contributed by atoms with Gasteiger partial charge in [-0.2, -0.15) is 0 Å². The summed E-state index contributed by atoms with van der Waals surface area (Å²) >= 11 is 6.82. The van der Waals surface area contributed by atoms with E-state index < -0.39 is 0 Å². The van der Waals surface area contributed by atoms with E-state index in [1.807, 2.05) is 14.1 Å². The van der Waals surface area contributed by atoms with E-state index in [9.17, 15) is 0 Å². The van der Waals surface area contributed by atoms with E-state index in [0.29, 0.717) is 0 Å². The van der Waals surface area contributed by atoms with Gasteiger partial charge in [0.25, 0.3) is 0 Å². The van der Waals surface area contributed by atoms with Crippen LogP contribution in [0.3, 0.4) is 0 Å². The zero-order valence-electron chi connectivity index (χ0n) is 7.72. The molecular formula is C9H12Br2N2. The lowest BCUT2D eigenvalue weighted by atomic mass is 10.2. The molecule has 0 aliphatic carbocycles. The summed E-state index contributed by atoms with van der Waals surface area (Å²) in [4.78, 5) is 6.52. The number of aromatic nitrogens is 1. The SMILES string of the molecule is CN(C)c1cc(CBr)nc(CBr)c1. The van der Waals surface area contributed by atoms with E-state index in [2.05, 4.69) is 53.9 Å². The molecule has 0 saturated heterocycles. The molecule has 1 rings (SSSR count). The first-order valence-corrected chi connectivity index (χ1v) is 6.20. The first-order valence-electron chi connectivity index (χ1n) is 3.96. The molecule has 0 bridgehead atoms. The van der Waals surface area contributed by atoms with Gasteiger partial charge in [0, 0.05) is 30.4 Å². The average Bonchev–Trinajstić information content (AvgIpc) is 2.16. The van der Waals surface area contributed by atoms with Gasteiger partial charge in [-0.1, -0.05) is 31.9 Å². The van der Waals surface area contributed by atoms with Gasteiger partial charge in [-0.25, -0.2) is 0 Å². The molecule has 0 saturated carbocycles. The zero-order valence-corrected chi connectivity index (χ0v) is 10.9. The Hall–Kier alpha value is -0.0900. The van der Waals surface area contributed by atoms with Crippen molar-refractivity contribution < 1.29 is 0 Å². The van der Waals surface area contributed by atoms with Gasteiger partial charge in [-0.3, -0.25) is 4.98 Å². The lowest BCUT2D eigenvalue weighted by Crippen LogP contribution is -2.10. The van der Waals surface area contributed by atoms with Crippen molar-refractivity contribution in [2.45, 2.75) is 10.7 Å². The van der Waals surface area contributed by atoms with Crippen molar-refractivity contribution in [2.24, 2.45) is 0 Å². The molecule has 0 aliphatic heterocycles. The van der Waals surface area contributed by atoms with Gasteiger partial charge in [0.2, 0.25) is 0 Å². The number of rotatable bonds is 3. The largest absolute Gasteiger partial charge is 0.378 e. The normalized spacial score (nSPS) is 10.2. The topological polar surface area (TPSA) is 16.1 Å². The van der Waals surface area contributed by atoms with Crippen LogP contribution in [0.25, 0.3) is 0 Å². The van der Waals surface area contributed by atoms with Crippen LogP contribution in [-0.2, 0) is 10.7 Å². The highest BCUT2D eigenvalue weighted by Crippen LogP contribution is 2.17. The lowest BCUT2D eigenvalue weighted by Gasteiger charge is -2.14. The van der Waals surface area contributed by atoms with Crippen molar-refractivity contribution in [2.75, 3.05) is 19.0 Å². The minimum atomic E-state index is 0.800. The van der Waals surface area contributed by atoms with E-state index in [4.69, 9.17) is 0 Å². The number of halogens is 2. The van der Waals surface area contributed by atoms with E-state index in [1.165, 1.54) is 5.69 Å². The fourth-order valence-corrected chi connectivity index (χ4v) is 1.60. The van der Waals surface area contributed by atoms with Gasteiger partial charge in [-0.05, 0) is 12.1 Å². The number of alkyl halides is 2. The second kappa shape index (κ2) is 4.96. The molecule has 4 heteroatoms. The highest BCUT2D eigenvalue weighted by molar-refractivity contribution is 9.08. The monoisotopic (exact) mass is 306 g/mol. The van der Waals surface area contributed by atoms with Crippen molar-refractivity contribution in [1.82, 2.24) is 4.98 Å². The first kappa shape index (κ1) is 11.0. The van der Waals surface area contributed by atoms with E-state index in [-0.39, 0.29) is 0 Å². The summed E-state index contributed by atoms with van der Waals surface area (Å²) in [5, 5.41) is 1.60. The Bertz CT molecular complexity index is 265. The molecule has 0 aliphatic rings. The maximum Gasteiger partial charge on any atom is 0.0533 e. The van der Waals surface area contributed by atoms with Gasteiger partial charge in [-0.15, -0.1) is 0 Å². The summed E-state index contributed by atoms with van der Waals surface area (Å²) in [5.41, 5.74) is 3.33. The molecule has 1 aromatic rings. The second-order valence-electron chi connectivity index (χ2n) is 2.97. The Labute approximate surface area is 95.6 Å². The summed E-state index contributed by atoms with van der Waals surface area (Å²) in [6.45, 7) is 0. The summed E-state index contributed by atoms with van der Waals surface area (Å²) in [6, 6.07) is 4.17. The van der Waals surface area contributed by atoms with Crippen LogP contribution in [0.1, 0.15) is 11.4 Å². The van der Waals surface area contributed by atoms with E-state index >= 15 is 0 Å². The predicted molar refractivity (Wildman–Crippen MR) is 63.8 cm³/mol. The average molecular weight is 308 g/mol. The Morgan fingerprint density at radius 1 is 1.15 bits per heavy atom. The van der Waals surface area contributed by atoms with Crippen LogP contribution < -0.4 is 4.90 Å². The van der Waals surface area contributed by atoms with Crippen molar-refractivity contribution in [3.8, 4) is 0 Å². The van der Waals surface area contributed by atoms with E-state index in [0.717, 1.165) is 22.0 Å². The van der Waals surface area contributed by atoms with Crippen LogP contribution in [0, 0.1) is 0 Å².